The van der Waals surface area contributed by atoms with Gasteiger partial charge in [0.25, 0.3) is 5.91 Å². The van der Waals surface area contributed by atoms with Gasteiger partial charge in [0.15, 0.2) is 0 Å². The fourth-order valence-electron chi connectivity index (χ4n) is 3.09. The molecule has 1 amide bonds. The average molecular weight is 314 g/mol. The van der Waals surface area contributed by atoms with Crippen molar-refractivity contribution < 1.29 is 13.9 Å². The predicted octanol–water partition coefficient (Wildman–Crippen LogP) is 2.23. The highest BCUT2D eigenvalue weighted by atomic mass is 19.1. The Labute approximate surface area is 134 Å². The first-order valence-electron chi connectivity index (χ1n) is 7.57. The van der Waals surface area contributed by atoms with Crippen LogP contribution in [0.1, 0.15) is 27.4 Å². The van der Waals surface area contributed by atoms with Crippen LogP contribution in [0.3, 0.4) is 0 Å². The van der Waals surface area contributed by atoms with E-state index in [-0.39, 0.29) is 17.5 Å². The molecule has 2 unspecified atom stereocenters. The summed E-state index contributed by atoms with van der Waals surface area (Å²) in [7, 11) is 1.87. The summed E-state index contributed by atoms with van der Waals surface area (Å²) in [5, 5.41) is 3.24. The summed E-state index contributed by atoms with van der Waals surface area (Å²) in [6.07, 6.45) is 0.770. The number of hydrogen-bond donors (Lipinski definition) is 2. The summed E-state index contributed by atoms with van der Waals surface area (Å²) in [6, 6.07) is 12.9. The highest BCUT2D eigenvalue weighted by molar-refractivity contribution is 5.93. The number of hydrogen-bond acceptors (Lipinski definition) is 3. The fraction of sp³-hybridized carbons (Fsp3) is 0.278. The highest BCUT2D eigenvalue weighted by Crippen LogP contribution is 2.37. The van der Waals surface area contributed by atoms with Gasteiger partial charge >= 0.3 is 0 Å². The van der Waals surface area contributed by atoms with Crippen molar-refractivity contribution >= 4 is 5.91 Å². The standard InChI is InChI=1S/C18H19FN2O2/c1-21-16-10-23-17-9-15(19)14(18(20)22)8-13(17)12(16)7-11-5-3-2-4-6-11/h2-6,8-9,12,16,21H,7,10H2,1H3,(H2,20,22). The van der Waals surface area contributed by atoms with Gasteiger partial charge in [0.05, 0.1) is 5.56 Å². The number of likely N-dealkylation sites (N-methyl/N-ethyl adjacent to an activating group) is 1. The number of rotatable bonds is 4. The van der Waals surface area contributed by atoms with Gasteiger partial charge in [0.1, 0.15) is 18.2 Å². The van der Waals surface area contributed by atoms with Crippen LogP contribution < -0.4 is 15.8 Å². The Morgan fingerprint density at radius 3 is 2.74 bits per heavy atom. The first-order valence-corrected chi connectivity index (χ1v) is 7.57. The lowest BCUT2D eigenvalue weighted by atomic mass is 9.83. The molecule has 1 aliphatic rings. The molecule has 2 atom stereocenters. The summed E-state index contributed by atoms with van der Waals surface area (Å²) < 4.78 is 19.6. The highest BCUT2D eigenvalue weighted by Gasteiger charge is 2.31. The smallest absolute Gasteiger partial charge is 0.251 e. The molecule has 1 aliphatic heterocycles. The number of fused-ring (bicyclic) bond motifs is 1. The second kappa shape index (κ2) is 6.38. The molecule has 0 spiro atoms. The summed E-state index contributed by atoms with van der Waals surface area (Å²) >= 11 is 0. The molecule has 5 heteroatoms. The summed E-state index contributed by atoms with van der Waals surface area (Å²) in [4.78, 5) is 11.4. The monoisotopic (exact) mass is 314 g/mol. The predicted molar refractivity (Wildman–Crippen MR) is 86.1 cm³/mol. The minimum absolute atomic E-state index is 0.0739. The van der Waals surface area contributed by atoms with Gasteiger partial charge in [-0.1, -0.05) is 30.3 Å². The van der Waals surface area contributed by atoms with Gasteiger partial charge in [0.2, 0.25) is 0 Å². The topological polar surface area (TPSA) is 64.3 Å². The normalized spacial score (nSPS) is 19.7. The number of primary amides is 1. The Morgan fingerprint density at radius 2 is 2.09 bits per heavy atom. The van der Waals surface area contributed by atoms with E-state index in [1.165, 1.54) is 17.7 Å². The zero-order valence-electron chi connectivity index (χ0n) is 12.9. The van der Waals surface area contributed by atoms with Gasteiger partial charge in [-0.15, -0.1) is 0 Å². The van der Waals surface area contributed by atoms with Gasteiger partial charge in [-0.25, -0.2) is 4.39 Å². The maximum atomic E-state index is 14.0. The van der Waals surface area contributed by atoms with E-state index in [0.29, 0.717) is 12.4 Å². The number of nitrogens with one attached hydrogen (secondary N) is 1. The molecular formula is C18H19FN2O2. The molecule has 0 bridgehead atoms. The van der Waals surface area contributed by atoms with E-state index in [1.807, 2.05) is 25.2 Å². The molecule has 2 aromatic carbocycles. The fourth-order valence-corrected chi connectivity index (χ4v) is 3.09. The number of carbonyl (C=O) groups excluding carboxylic acids is 1. The molecule has 3 rings (SSSR count). The zero-order chi connectivity index (χ0) is 16.4. The van der Waals surface area contributed by atoms with Crippen molar-refractivity contribution in [2.45, 2.75) is 18.4 Å². The van der Waals surface area contributed by atoms with Gasteiger partial charge in [-0.3, -0.25) is 4.79 Å². The maximum absolute atomic E-state index is 14.0. The molecule has 0 saturated heterocycles. The third-order valence-corrected chi connectivity index (χ3v) is 4.34. The molecule has 0 aromatic heterocycles. The minimum Gasteiger partial charge on any atom is -0.492 e. The molecule has 0 aliphatic carbocycles. The number of nitrogens with two attached hydrogens (primary N) is 1. The third kappa shape index (κ3) is 3.05. The maximum Gasteiger partial charge on any atom is 0.251 e. The van der Waals surface area contributed by atoms with Crippen LogP contribution in [-0.4, -0.2) is 25.6 Å². The Balaban J connectivity index is 2.03. The molecule has 23 heavy (non-hydrogen) atoms. The largest absolute Gasteiger partial charge is 0.492 e. The number of amides is 1. The van der Waals surface area contributed by atoms with Crippen molar-refractivity contribution in [1.29, 1.82) is 0 Å². The molecule has 1 heterocycles. The van der Waals surface area contributed by atoms with Crippen LogP contribution >= 0.6 is 0 Å². The van der Waals surface area contributed by atoms with Gasteiger partial charge < -0.3 is 15.8 Å². The lowest BCUT2D eigenvalue weighted by Crippen LogP contribution is -2.41. The van der Waals surface area contributed by atoms with Crippen molar-refractivity contribution in [3.8, 4) is 5.75 Å². The van der Waals surface area contributed by atoms with Crippen LogP contribution in [0.25, 0.3) is 0 Å². The van der Waals surface area contributed by atoms with Crippen LogP contribution in [0.15, 0.2) is 42.5 Å². The summed E-state index contributed by atoms with van der Waals surface area (Å²) in [5.74, 6) is -0.849. The number of halogens is 1. The molecule has 0 radical (unpaired) electrons. The minimum atomic E-state index is -0.768. The van der Waals surface area contributed by atoms with Crippen molar-refractivity contribution in [3.63, 3.8) is 0 Å². The molecule has 0 saturated carbocycles. The Bertz CT molecular complexity index is 718. The second-order valence-corrected chi connectivity index (χ2v) is 5.74. The van der Waals surface area contributed by atoms with Crippen molar-refractivity contribution in [1.82, 2.24) is 5.32 Å². The molecule has 0 fully saturated rings. The van der Waals surface area contributed by atoms with E-state index >= 15 is 0 Å². The molecule has 120 valence electrons. The SMILES string of the molecule is CNC1COc2cc(F)c(C(N)=O)cc2C1Cc1ccccc1. The third-order valence-electron chi connectivity index (χ3n) is 4.34. The quantitative estimate of drug-likeness (QED) is 0.909. The van der Waals surface area contributed by atoms with Crippen LogP contribution in [-0.2, 0) is 6.42 Å². The van der Waals surface area contributed by atoms with E-state index in [1.54, 1.807) is 0 Å². The van der Waals surface area contributed by atoms with Crippen molar-refractivity contribution in [3.05, 3.63) is 65.0 Å². The van der Waals surface area contributed by atoms with Gasteiger partial charge in [0, 0.05) is 23.6 Å². The van der Waals surface area contributed by atoms with Crippen LogP contribution in [0.5, 0.6) is 5.75 Å². The Morgan fingerprint density at radius 1 is 1.35 bits per heavy atom. The van der Waals surface area contributed by atoms with E-state index in [0.717, 1.165) is 12.0 Å². The van der Waals surface area contributed by atoms with Crippen LogP contribution in [0.2, 0.25) is 0 Å². The van der Waals surface area contributed by atoms with E-state index in [4.69, 9.17) is 10.5 Å². The number of ether oxygens (including phenoxy) is 1. The summed E-state index contributed by atoms with van der Waals surface area (Å²) in [6.45, 7) is 0.455. The average Bonchev–Trinajstić information content (AvgIpc) is 2.55. The van der Waals surface area contributed by atoms with Crippen LogP contribution in [0, 0.1) is 5.82 Å². The van der Waals surface area contributed by atoms with E-state index in [9.17, 15) is 9.18 Å². The van der Waals surface area contributed by atoms with E-state index in [2.05, 4.69) is 17.4 Å². The molecular weight excluding hydrogens is 295 g/mol. The Kier molecular flexibility index (Phi) is 4.30. The number of benzene rings is 2. The Hall–Kier alpha value is -2.40. The van der Waals surface area contributed by atoms with Crippen molar-refractivity contribution in [2.24, 2.45) is 5.73 Å². The number of carbonyl (C=O) groups is 1. The summed E-state index contributed by atoms with van der Waals surface area (Å²) in [5.41, 5.74) is 7.17. The van der Waals surface area contributed by atoms with Crippen molar-refractivity contribution in [2.75, 3.05) is 13.7 Å². The molecule has 4 nitrogen and oxygen atoms in total. The first kappa shape index (κ1) is 15.5. The second-order valence-electron chi connectivity index (χ2n) is 5.74. The first-order chi connectivity index (χ1) is 11.1. The van der Waals surface area contributed by atoms with Gasteiger partial charge in [-0.05, 0) is 25.1 Å². The molecule has 3 N–H and O–H groups in total. The lowest BCUT2D eigenvalue weighted by Gasteiger charge is -2.34. The van der Waals surface area contributed by atoms with E-state index < -0.39 is 11.7 Å². The van der Waals surface area contributed by atoms with Crippen LogP contribution in [0.4, 0.5) is 4.39 Å². The van der Waals surface area contributed by atoms with Gasteiger partial charge in [-0.2, -0.15) is 0 Å². The zero-order valence-corrected chi connectivity index (χ0v) is 12.9. The lowest BCUT2D eigenvalue weighted by molar-refractivity contribution is 0.0996. The molecule has 2 aromatic rings.